The van der Waals surface area contributed by atoms with E-state index in [1.165, 1.54) is 0 Å². The van der Waals surface area contributed by atoms with Gasteiger partial charge >= 0.3 is 0 Å². The number of amidine groups is 1. The Kier molecular flexibility index (Phi) is 3.54. The highest BCUT2D eigenvalue weighted by Gasteiger charge is 2.55. The van der Waals surface area contributed by atoms with Gasteiger partial charge in [0.25, 0.3) is 0 Å². The number of hydrogen-bond donors (Lipinski definition) is 0. The molecule has 0 amide bonds. The van der Waals surface area contributed by atoms with Gasteiger partial charge in [-0.25, -0.2) is 4.99 Å². The van der Waals surface area contributed by atoms with Crippen LogP contribution < -0.4 is 4.90 Å². The average Bonchev–Trinajstić information content (AvgIpc) is 3.14. The third kappa shape index (κ3) is 2.07. The van der Waals surface area contributed by atoms with Gasteiger partial charge < -0.3 is 4.90 Å². The Morgan fingerprint density at radius 2 is 2.04 bits per heavy atom. The number of aromatic nitrogens is 2. The summed E-state index contributed by atoms with van der Waals surface area (Å²) in [5.41, 5.74) is 3.49. The molecular formula is C17H17IN4O2. The van der Waals surface area contributed by atoms with Gasteiger partial charge in [-0.05, 0) is 37.1 Å². The standard InChI is InChI=1S/C17H17IN4O2/c1-10-6-13-14(7-11(10)2)20-16-17(24-18,15(13)23)4-5-22(16)12-8-19-21(3)9-12/h6-9H,4-5H2,1-3H3/t17-/m1/s1. The first-order chi connectivity index (χ1) is 11.5. The highest BCUT2D eigenvalue weighted by molar-refractivity contribution is 14.1. The fourth-order valence-corrected chi connectivity index (χ4v) is 4.00. The zero-order valence-electron chi connectivity index (χ0n) is 13.7. The van der Waals surface area contributed by atoms with Crippen LogP contribution in [-0.2, 0) is 10.1 Å². The van der Waals surface area contributed by atoms with Crippen molar-refractivity contribution in [2.75, 3.05) is 11.4 Å². The number of ketones is 1. The van der Waals surface area contributed by atoms with Crippen molar-refractivity contribution in [3.8, 4) is 0 Å². The third-order valence-corrected chi connectivity index (χ3v) is 5.64. The number of rotatable bonds is 2. The van der Waals surface area contributed by atoms with E-state index in [9.17, 15) is 4.79 Å². The summed E-state index contributed by atoms with van der Waals surface area (Å²) < 4.78 is 7.46. The first-order valence-electron chi connectivity index (χ1n) is 7.77. The lowest BCUT2D eigenvalue weighted by Crippen LogP contribution is -2.49. The maximum absolute atomic E-state index is 13.2. The van der Waals surface area contributed by atoms with Crippen LogP contribution in [0.15, 0.2) is 29.5 Å². The van der Waals surface area contributed by atoms with Gasteiger partial charge in [-0.3, -0.25) is 12.5 Å². The molecule has 6 nitrogen and oxygen atoms in total. The van der Waals surface area contributed by atoms with Gasteiger partial charge in [0.05, 0.1) is 17.6 Å². The molecule has 2 aliphatic heterocycles. The summed E-state index contributed by atoms with van der Waals surface area (Å²) in [7, 11) is 1.87. The Morgan fingerprint density at radius 1 is 1.29 bits per heavy atom. The highest BCUT2D eigenvalue weighted by atomic mass is 127. The molecule has 0 spiro atoms. The number of Topliss-reactive ketones (excluding diaryl/α,β-unsaturated/α-hetero) is 1. The molecule has 124 valence electrons. The van der Waals surface area contributed by atoms with E-state index in [-0.39, 0.29) is 5.78 Å². The molecule has 3 heterocycles. The topological polar surface area (TPSA) is 59.7 Å². The number of nitrogens with zero attached hydrogens (tertiary/aromatic N) is 4. The second-order valence-corrected chi connectivity index (χ2v) is 6.84. The Labute approximate surface area is 154 Å². The van der Waals surface area contributed by atoms with Crippen molar-refractivity contribution in [2.24, 2.45) is 12.0 Å². The van der Waals surface area contributed by atoms with E-state index >= 15 is 0 Å². The number of carbonyl (C=O) groups excluding carboxylic acids is 1. The van der Waals surface area contributed by atoms with E-state index in [1.54, 1.807) is 10.9 Å². The lowest BCUT2D eigenvalue weighted by Gasteiger charge is -2.31. The smallest absolute Gasteiger partial charge is 0.205 e. The highest BCUT2D eigenvalue weighted by Crippen LogP contribution is 2.43. The second-order valence-electron chi connectivity index (χ2n) is 6.40. The molecule has 2 aromatic rings. The summed E-state index contributed by atoms with van der Waals surface area (Å²) in [6.07, 6.45) is 4.28. The summed E-state index contributed by atoms with van der Waals surface area (Å²) in [4.78, 5) is 20.1. The monoisotopic (exact) mass is 436 g/mol. The molecule has 0 bridgehead atoms. The van der Waals surface area contributed by atoms with Gasteiger partial charge in [-0.2, -0.15) is 5.10 Å². The number of fused-ring (bicyclic) bond motifs is 2. The molecule has 0 aliphatic carbocycles. The molecule has 4 rings (SSSR count). The number of aryl methyl sites for hydroxylation is 3. The fraction of sp³-hybridized carbons (Fsp3) is 0.353. The van der Waals surface area contributed by atoms with Gasteiger partial charge in [0.15, 0.2) is 5.84 Å². The molecule has 7 heteroatoms. The van der Waals surface area contributed by atoms with Crippen LogP contribution in [0.25, 0.3) is 0 Å². The van der Waals surface area contributed by atoms with E-state index in [0.29, 0.717) is 24.4 Å². The molecule has 1 aromatic carbocycles. The summed E-state index contributed by atoms with van der Waals surface area (Å²) in [5, 5.41) is 4.23. The molecule has 0 unspecified atom stereocenters. The Balaban J connectivity index is 1.91. The van der Waals surface area contributed by atoms with E-state index < -0.39 is 5.60 Å². The van der Waals surface area contributed by atoms with Crippen LogP contribution in [0, 0.1) is 13.8 Å². The van der Waals surface area contributed by atoms with Crippen LogP contribution in [-0.4, -0.2) is 33.5 Å². The molecule has 1 atom stereocenters. The van der Waals surface area contributed by atoms with Gasteiger partial charge in [0.1, 0.15) is 23.0 Å². The summed E-state index contributed by atoms with van der Waals surface area (Å²) >= 11 is 1.83. The van der Waals surface area contributed by atoms with Crippen molar-refractivity contribution < 1.29 is 7.86 Å². The van der Waals surface area contributed by atoms with Crippen LogP contribution in [0.2, 0.25) is 0 Å². The SMILES string of the molecule is Cc1cc2c(cc1C)C(=O)[C@]1(OI)CCN(c3cnn(C)c3)C1=N2. The second kappa shape index (κ2) is 5.38. The molecule has 0 radical (unpaired) electrons. The number of carbonyl (C=O) groups is 1. The lowest BCUT2D eigenvalue weighted by molar-refractivity contribution is 0.0769. The van der Waals surface area contributed by atoms with Crippen molar-refractivity contribution in [2.45, 2.75) is 25.9 Å². The van der Waals surface area contributed by atoms with Gasteiger partial charge in [-0.1, -0.05) is 0 Å². The summed E-state index contributed by atoms with van der Waals surface area (Å²) in [6, 6.07) is 3.91. The van der Waals surface area contributed by atoms with Crippen molar-refractivity contribution in [1.29, 1.82) is 0 Å². The number of anilines is 1. The predicted octanol–water partition coefficient (Wildman–Crippen LogP) is 3.28. The first-order valence-corrected chi connectivity index (χ1v) is 8.65. The van der Waals surface area contributed by atoms with Gasteiger partial charge in [0, 0.05) is 31.8 Å². The summed E-state index contributed by atoms with van der Waals surface area (Å²) in [5.74, 6) is 0.650. The third-order valence-electron chi connectivity index (χ3n) is 4.89. The molecule has 0 N–H and O–H groups in total. The molecule has 1 fully saturated rings. The number of hydrogen-bond acceptors (Lipinski definition) is 5. The Morgan fingerprint density at radius 3 is 2.71 bits per heavy atom. The van der Waals surface area contributed by atoms with E-state index in [2.05, 4.69) is 5.10 Å². The van der Waals surface area contributed by atoms with Crippen LogP contribution in [0.4, 0.5) is 11.4 Å². The lowest BCUT2D eigenvalue weighted by atomic mass is 9.86. The molecule has 24 heavy (non-hydrogen) atoms. The van der Waals surface area contributed by atoms with Crippen molar-refractivity contribution in [3.63, 3.8) is 0 Å². The van der Waals surface area contributed by atoms with Crippen molar-refractivity contribution in [1.82, 2.24) is 9.78 Å². The maximum Gasteiger partial charge on any atom is 0.205 e. The minimum absolute atomic E-state index is 0.00797. The summed E-state index contributed by atoms with van der Waals surface area (Å²) in [6.45, 7) is 4.71. The molecule has 1 aromatic heterocycles. The van der Waals surface area contributed by atoms with E-state index in [1.807, 2.05) is 67.1 Å². The molecule has 2 aliphatic rings. The quantitative estimate of drug-likeness (QED) is 0.679. The first kappa shape index (κ1) is 15.8. The minimum Gasteiger partial charge on any atom is -0.324 e. The zero-order chi connectivity index (χ0) is 17.1. The largest absolute Gasteiger partial charge is 0.324 e. The predicted molar refractivity (Wildman–Crippen MR) is 100 cm³/mol. The normalized spacial score (nSPS) is 22.4. The molecule has 1 saturated heterocycles. The van der Waals surface area contributed by atoms with E-state index in [4.69, 9.17) is 8.06 Å². The van der Waals surface area contributed by atoms with Crippen LogP contribution in [0.3, 0.4) is 0 Å². The van der Waals surface area contributed by atoms with Crippen LogP contribution in [0.1, 0.15) is 27.9 Å². The van der Waals surface area contributed by atoms with Crippen LogP contribution in [0.5, 0.6) is 0 Å². The zero-order valence-corrected chi connectivity index (χ0v) is 15.9. The van der Waals surface area contributed by atoms with Gasteiger partial charge in [0.2, 0.25) is 11.4 Å². The Hall–Kier alpha value is -1.74. The van der Waals surface area contributed by atoms with E-state index in [0.717, 1.165) is 22.5 Å². The van der Waals surface area contributed by atoms with Gasteiger partial charge in [-0.15, -0.1) is 0 Å². The maximum atomic E-state index is 13.2. The number of benzene rings is 1. The van der Waals surface area contributed by atoms with Crippen molar-refractivity contribution in [3.05, 3.63) is 41.2 Å². The molecule has 0 saturated carbocycles. The minimum atomic E-state index is -1.01. The number of halogens is 1. The Bertz CT molecular complexity index is 889. The molecular weight excluding hydrogens is 419 g/mol. The number of aliphatic imine (C=N–C) groups is 1. The average molecular weight is 436 g/mol. The van der Waals surface area contributed by atoms with Crippen molar-refractivity contribution >= 4 is 46.0 Å². The van der Waals surface area contributed by atoms with Crippen LogP contribution >= 0.6 is 23.0 Å². The fourth-order valence-electron chi connectivity index (χ4n) is 3.38.